The van der Waals surface area contributed by atoms with Gasteiger partial charge in [-0.15, -0.1) is 0 Å². The average Bonchev–Trinajstić information content (AvgIpc) is 3.33. The predicted octanol–water partition coefficient (Wildman–Crippen LogP) is 6.30. The standard InChI is InChI=1S/C26H22F3N3O/c1-26(15-24(28)29)14-23(17-5-3-2-4-6-17)31(25(26)33)21-11-12-22-18(13-21)16-30-32(22)20-9-7-19(27)8-10-20/h2-13,16,23-24H,14-15H2,1H3/t23-,26+/m1/s1. The summed E-state index contributed by atoms with van der Waals surface area (Å²) in [5.41, 5.74) is 1.90. The number of alkyl halides is 2. The van der Waals surface area contributed by atoms with Crippen molar-refractivity contribution in [1.29, 1.82) is 0 Å². The normalized spacial score (nSPS) is 20.8. The summed E-state index contributed by atoms with van der Waals surface area (Å²) < 4.78 is 41.7. The minimum atomic E-state index is -2.56. The molecule has 0 saturated carbocycles. The smallest absolute Gasteiger partial charge is 0.239 e. The Hall–Kier alpha value is -3.61. The molecule has 0 radical (unpaired) electrons. The molecule has 1 aromatic heterocycles. The lowest BCUT2D eigenvalue weighted by atomic mass is 9.82. The maximum atomic E-state index is 13.5. The fourth-order valence-electron chi connectivity index (χ4n) is 4.75. The highest BCUT2D eigenvalue weighted by atomic mass is 19.3. The van der Waals surface area contributed by atoms with E-state index in [2.05, 4.69) is 5.10 Å². The lowest BCUT2D eigenvalue weighted by molar-refractivity contribution is -0.126. The number of halogens is 3. The molecule has 1 fully saturated rings. The number of amides is 1. The van der Waals surface area contributed by atoms with Gasteiger partial charge in [0.25, 0.3) is 0 Å². The first kappa shape index (κ1) is 21.2. The number of nitrogens with zero attached hydrogens (tertiary/aromatic N) is 3. The molecule has 4 nitrogen and oxygen atoms in total. The predicted molar refractivity (Wildman–Crippen MR) is 121 cm³/mol. The van der Waals surface area contributed by atoms with E-state index in [0.29, 0.717) is 17.8 Å². The molecule has 0 unspecified atom stereocenters. The van der Waals surface area contributed by atoms with Crippen LogP contribution in [0.25, 0.3) is 16.6 Å². The fourth-order valence-corrected chi connectivity index (χ4v) is 4.75. The molecule has 4 aromatic rings. The summed E-state index contributed by atoms with van der Waals surface area (Å²) in [5, 5.41) is 5.21. The molecule has 3 aromatic carbocycles. The molecular weight excluding hydrogens is 427 g/mol. The molecular formula is C26H22F3N3O. The highest BCUT2D eigenvalue weighted by molar-refractivity contribution is 6.02. The third-order valence-electron chi connectivity index (χ3n) is 6.38. The van der Waals surface area contributed by atoms with Crippen molar-refractivity contribution in [3.8, 4) is 5.69 Å². The third kappa shape index (κ3) is 3.77. The van der Waals surface area contributed by atoms with Crippen LogP contribution in [0.2, 0.25) is 0 Å². The second kappa shape index (κ2) is 8.06. The van der Waals surface area contributed by atoms with E-state index >= 15 is 0 Å². The number of rotatable bonds is 5. The second-order valence-electron chi connectivity index (χ2n) is 8.74. The molecule has 5 rings (SSSR count). The number of carbonyl (C=O) groups is 1. The number of carbonyl (C=O) groups excluding carboxylic acids is 1. The van der Waals surface area contributed by atoms with Crippen LogP contribution in [0.15, 0.2) is 79.0 Å². The maximum Gasteiger partial charge on any atom is 0.239 e. The van der Waals surface area contributed by atoms with E-state index in [1.54, 1.807) is 34.8 Å². The van der Waals surface area contributed by atoms with Crippen LogP contribution in [0.1, 0.15) is 31.4 Å². The van der Waals surface area contributed by atoms with Gasteiger partial charge in [0.15, 0.2) is 0 Å². The van der Waals surface area contributed by atoms with Crippen LogP contribution in [-0.2, 0) is 4.79 Å². The van der Waals surface area contributed by atoms with Crippen molar-refractivity contribution in [2.24, 2.45) is 5.41 Å². The highest BCUT2D eigenvalue weighted by Gasteiger charge is 2.50. The van der Waals surface area contributed by atoms with Crippen molar-refractivity contribution < 1.29 is 18.0 Å². The quantitative estimate of drug-likeness (QED) is 0.358. The Morgan fingerprint density at radius 1 is 1.03 bits per heavy atom. The minimum absolute atomic E-state index is 0.304. The summed E-state index contributed by atoms with van der Waals surface area (Å²) >= 11 is 0. The molecule has 33 heavy (non-hydrogen) atoms. The number of benzene rings is 3. The molecule has 2 heterocycles. The van der Waals surface area contributed by atoms with Crippen LogP contribution in [0, 0.1) is 11.2 Å². The largest absolute Gasteiger partial charge is 0.304 e. The molecule has 1 aliphatic heterocycles. The summed E-state index contributed by atoms with van der Waals surface area (Å²) in [6.07, 6.45) is -1.05. The second-order valence-corrected chi connectivity index (χ2v) is 8.74. The van der Waals surface area contributed by atoms with E-state index < -0.39 is 18.3 Å². The summed E-state index contributed by atoms with van der Waals surface area (Å²) in [5.74, 6) is -0.634. The van der Waals surface area contributed by atoms with Crippen molar-refractivity contribution in [2.45, 2.75) is 32.2 Å². The van der Waals surface area contributed by atoms with Gasteiger partial charge in [0.05, 0.1) is 28.9 Å². The molecule has 7 heteroatoms. The van der Waals surface area contributed by atoms with Crippen molar-refractivity contribution in [3.63, 3.8) is 0 Å². The first-order valence-electron chi connectivity index (χ1n) is 10.8. The Morgan fingerprint density at radius 2 is 1.73 bits per heavy atom. The van der Waals surface area contributed by atoms with Gasteiger partial charge in [0.2, 0.25) is 12.3 Å². The SMILES string of the molecule is C[C@@]1(CC(F)F)C[C@H](c2ccccc2)N(c2ccc3c(cnn3-c3ccc(F)cc3)c2)C1=O. The molecule has 0 spiro atoms. The maximum absolute atomic E-state index is 13.5. The Labute approximate surface area is 189 Å². The molecule has 1 saturated heterocycles. The van der Waals surface area contributed by atoms with Gasteiger partial charge in [-0.05, 0) is 54.4 Å². The number of hydrogen-bond donors (Lipinski definition) is 0. The van der Waals surface area contributed by atoms with Crippen LogP contribution >= 0.6 is 0 Å². The fraction of sp³-hybridized carbons (Fsp3) is 0.231. The van der Waals surface area contributed by atoms with Crippen LogP contribution in [0.4, 0.5) is 18.9 Å². The Kier molecular flexibility index (Phi) is 5.19. The zero-order valence-corrected chi connectivity index (χ0v) is 18.0. The highest BCUT2D eigenvalue weighted by Crippen LogP contribution is 2.49. The third-order valence-corrected chi connectivity index (χ3v) is 6.38. The molecule has 0 aliphatic carbocycles. The summed E-state index contributed by atoms with van der Waals surface area (Å²) in [6.45, 7) is 1.63. The van der Waals surface area contributed by atoms with Gasteiger partial charge in [-0.2, -0.15) is 5.10 Å². The van der Waals surface area contributed by atoms with Crippen molar-refractivity contribution >= 4 is 22.5 Å². The van der Waals surface area contributed by atoms with E-state index in [-0.39, 0.29) is 17.8 Å². The van der Waals surface area contributed by atoms with Crippen LogP contribution < -0.4 is 4.90 Å². The van der Waals surface area contributed by atoms with Gasteiger partial charge < -0.3 is 4.90 Å². The first-order valence-corrected chi connectivity index (χ1v) is 10.8. The molecule has 2 atom stereocenters. The van der Waals surface area contributed by atoms with E-state index in [1.807, 2.05) is 48.5 Å². The van der Waals surface area contributed by atoms with Crippen LogP contribution in [0.3, 0.4) is 0 Å². The number of hydrogen-bond acceptors (Lipinski definition) is 2. The van der Waals surface area contributed by atoms with E-state index in [0.717, 1.165) is 16.5 Å². The molecule has 1 aliphatic rings. The Balaban J connectivity index is 1.57. The number of aromatic nitrogens is 2. The van der Waals surface area contributed by atoms with Crippen molar-refractivity contribution in [2.75, 3.05) is 4.90 Å². The topological polar surface area (TPSA) is 38.1 Å². The molecule has 1 amide bonds. The number of anilines is 1. The Bertz CT molecular complexity index is 1300. The average molecular weight is 449 g/mol. The zero-order valence-electron chi connectivity index (χ0n) is 18.0. The van der Waals surface area contributed by atoms with E-state index in [4.69, 9.17) is 0 Å². The Morgan fingerprint density at radius 3 is 2.42 bits per heavy atom. The number of fused-ring (bicyclic) bond motifs is 1. The van der Waals surface area contributed by atoms with E-state index in [9.17, 15) is 18.0 Å². The lowest BCUT2D eigenvalue weighted by Gasteiger charge is -2.26. The molecule has 168 valence electrons. The minimum Gasteiger partial charge on any atom is -0.304 e. The van der Waals surface area contributed by atoms with Gasteiger partial charge in [-0.3, -0.25) is 4.79 Å². The molecule has 0 bridgehead atoms. The van der Waals surface area contributed by atoms with Crippen molar-refractivity contribution in [1.82, 2.24) is 9.78 Å². The lowest BCUT2D eigenvalue weighted by Crippen LogP contribution is -2.34. The summed E-state index contributed by atoms with van der Waals surface area (Å²) in [7, 11) is 0. The van der Waals surface area contributed by atoms with Gasteiger partial charge in [-0.1, -0.05) is 37.3 Å². The van der Waals surface area contributed by atoms with Crippen LogP contribution in [-0.4, -0.2) is 22.1 Å². The monoisotopic (exact) mass is 449 g/mol. The van der Waals surface area contributed by atoms with Crippen LogP contribution in [0.5, 0.6) is 0 Å². The van der Waals surface area contributed by atoms with E-state index in [1.165, 1.54) is 12.1 Å². The van der Waals surface area contributed by atoms with Gasteiger partial charge in [0, 0.05) is 17.5 Å². The van der Waals surface area contributed by atoms with Crippen molar-refractivity contribution in [3.05, 3.63) is 90.4 Å². The summed E-state index contributed by atoms with van der Waals surface area (Å²) in [4.78, 5) is 15.1. The van der Waals surface area contributed by atoms with Gasteiger partial charge >= 0.3 is 0 Å². The van der Waals surface area contributed by atoms with Gasteiger partial charge in [0.1, 0.15) is 5.82 Å². The zero-order chi connectivity index (χ0) is 23.2. The van der Waals surface area contributed by atoms with Gasteiger partial charge in [-0.25, -0.2) is 17.9 Å². The summed E-state index contributed by atoms with van der Waals surface area (Å²) in [6, 6.07) is 20.7. The molecule has 0 N–H and O–H groups in total. The first-order chi connectivity index (χ1) is 15.9.